The SMILES string of the molecule is COC(=O)C(C)NCc1c(Cl)cccc1S(C)(=O)=O. The Morgan fingerprint density at radius 3 is 2.63 bits per heavy atom. The zero-order valence-corrected chi connectivity index (χ0v) is 12.5. The maximum atomic E-state index is 11.7. The van der Waals surface area contributed by atoms with Crippen LogP contribution in [0.1, 0.15) is 12.5 Å². The molecule has 0 heterocycles. The van der Waals surface area contributed by atoms with E-state index in [-0.39, 0.29) is 11.4 Å². The van der Waals surface area contributed by atoms with Crippen molar-refractivity contribution >= 4 is 27.4 Å². The Bertz CT molecular complexity index is 571. The summed E-state index contributed by atoms with van der Waals surface area (Å²) >= 11 is 6.01. The molecular formula is C12H16ClNO4S. The molecule has 0 saturated heterocycles. The van der Waals surface area contributed by atoms with E-state index < -0.39 is 21.8 Å². The lowest BCUT2D eigenvalue weighted by molar-refractivity contribution is -0.142. The highest BCUT2D eigenvalue weighted by Gasteiger charge is 2.18. The van der Waals surface area contributed by atoms with Crippen LogP contribution in [0.4, 0.5) is 0 Å². The van der Waals surface area contributed by atoms with Crippen LogP contribution in [0, 0.1) is 0 Å². The first-order chi connectivity index (χ1) is 8.77. The molecule has 0 radical (unpaired) electrons. The van der Waals surface area contributed by atoms with Gasteiger partial charge in [0.05, 0.1) is 12.0 Å². The minimum Gasteiger partial charge on any atom is -0.468 e. The van der Waals surface area contributed by atoms with Crippen molar-refractivity contribution in [2.45, 2.75) is 24.4 Å². The van der Waals surface area contributed by atoms with Crippen molar-refractivity contribution in [2.75, 3.05) is 13.4 Å². The minimum absolute atomic E-state index is 0.157. The first kappa shape index (κ1) is 15.9. The van der Waals surface area contributed by atoms with Gasteiger partial charge in [0.2, 0.25) is 0 Å². The van der Waals surface area contributed by atoms with Crippen molar-refractivity contribution in [3.63, 3.8) is 0 Å². The van der Waals surface area contributed by atoms with Crippen LogP contribution in [0.5, 0.6) is 0 Å². The summed E-state index contributed by atoms with van der Waals surface area (Å²) in [5, 5.41) is 3.22. The van der Waals surface area contributed by atoms with E-state index in [0.29, 0.717) is 10.6 Å². The third kappa shape index (κ3) is 4.19. The van der Waals surface area contributed by atoms with Gasteiger partial charge in [-0.2, -0.15) is 0 Å². The number of halogens is 1. The summed E-state index contributed by atoms with van der Waals surface area (Å²) in [5.41, 5.74) is 0.447. The Balaban J connectivity index is 2.99. The summed E-state index contributed by atoms with van der Waals surface area (Å²) in [4.78, 5) is 11.4. The first-order valence-electron chi connectivity index (χ1n) is 5.56. The molecular weight excluding hydrogens is 290 g/mol. The van der Waals surface area contributed by atoms with Crippen LogP contribution in [0.3, 0.4) is 0 Å². The molecule has 1 atom stereocenters. The summed E-state index contributed by atoms with van der Waals surface area (Å²) in [6, 6.07) is 4.12. The molecule has 1 unspecified atom stereocenters. The van der Waals surface area contributed by atoms with Crippen molar-refractivity contribution in [1.29, 1.82) is 0 Å². The van der Waals surface area contributed by atoms with E-state index in [0.717, 1.165) is 6.26 Å². The summed E-state index contributed by atoms with van der Waals surface area (Å²) < 4.78 is 27.9. The Morgan fingerprint density at radius 1 is 1.47 bits per heavy atom. The first-order valence-corrected chi connectivity index (χ1v) is 7.83. The highest BCUT2D eigenvalue weighted by Crippen LogP contribution is 2.23. The second-order valence-corrected chi connectivity index (χ2v) is 6.51. The fourth-order valence-electron chi connectivity index (χ4n) is 1.57. The molecule has 1 aromatic carbocycles. The maximum absolute atomic E-state index is 11.7. The lowest BCUT2D eigenvalue weighted by atomic mass is 10.2. The normalized spacial score (nSPS) is 13.1. The molecule has 0 aromatic heterocycles. The van der Waals surface area contributed by atoms with Gasteiger partial charge in [-0.15, -0.1) is 0 Å². The molecule has 0 saturated carbocycles. The largest absolute Gasteiger partial charge is 0.468 e. The quantitative estimate of drug-likeness (QED) is 0.832. The van der Waals surface area contributed by atoms with Crippen LogP contribution in [0.15, 0.2) is 23.1 Å². The number of sulfone groups is 1. The van der Waals surface area contributed by atoms with Crippen LogP contribution in [-0.4, -0.2) is 33.8 Å². The van der Waals surface area contributed by atoms with E-state index in [1.54, 1.807) is 19.1 Å². The average Bonchev–Trinajstić information content (AvgIpc) is 2.34. The number of carbonyl (C=O) groups is 1. The standard InChI is InChI=1S/C12H16ClNO4S/c1-8(12(15)18-2)14-7-9-10(13)5-4-6-11(9)19(3,16)17/h4-6,8,14H,7H2,1-3H3. The van der Waals surface area contributed by atoms with Crippen LogP contribution >= 0.6 is 11.6 Å². The fraction of sp³-hybridized carbons (Fsp3) is 0.417. The van der Waals surface area contributed by atoms with Gasteiger partial charge >= 0.3 is 5.97 Å². The molecule has 19 heavy (non-hydrogen) atoms. The molecule has 0 spiro atoms. The fourth-order valence-corrected chi connectivity index (χ4v) is 2.83. The number of ether oxygens (including phenoxy) is 1. The van der Waals surface area contributed by atoms with Gasteiger partial charge in [0.15, 0.2) is 9.84 Å². The highest BCUT2D eigenvalue weighted by molar-refractivity contribution is 7.90. The van der Waals surface area contributed by atoms with Crippen molar-refractivity contribution in [3.8, 4) is 0 Å². The van der Waals surface area contributed by atoms with Crippen molar-refractivity contribution in [1.82, 2.24) is 5.32 Å². The second-order valence-electron chi connectivity index (χ2n) is 4.11. The molecule has 0 fully saturated rings. The molecule has 1 N–H and O–H groups in total. The summed E-state index contributed by atoms with van der Waals surface area (Å²) in [6.45, 7) is 1.79. The van der Waals surface area contributed by atoms with E-state index in [1.807, 2.05) is 0 Å². The van der Waals surface area contributed by atoms with Crippen LogP contribution < -0.4 is 5.32 Å². The van der Waals surface area contributed by atoms with Crippen molar-refractivity contribution < 1.29 is 17.9 Å². The van der Waals surface area contributed by atoms with Gasteiger partial charge in [0.25, 0.3) is 0 Å². The lowest BCUT2D eigenvalue weighted by Gasteiger charge is -2.14. The predicted molar refractivity (Wildman–Crippen MR) is 72.9 cm³/mol. The topological polar surface area (TPSA) is 72.5 Å². The summed E-state index contributed by atoms with van der Waals surface area (Å²) in [7, 11) is -2.08. The number of rotatable bonds is 5. The second kappa shape index (κ2) is 6.36. The van der Waals surface area contributed by atoms with Crippen molar-refractivity contribution in [3.05, 3.63) is 28.8 Å². The molecule has 0 aliphatic heterocycles. The third-order valence-corrected chi connectivity index (χ3v) is 4.15. The molecule has 1 rings (SSSR count). The van der Waals surface area contributed by atoms with E-state index >= 15 is 0 Å². The summed E-state index contributed by atoms with van der Waals surface area (Å²) in [6.07, 6.45) is 1.12. The molecule has 1 aromatic rings. The Labute approximate surface area is 117 Å². The Morgan fingerprint density at radius 2 is 2.11 bits per heavy atom. The minimum atomic E-state index is -3.37. The zero-order valence-electron chi connectivity index (χ0n) is 10.9. The van der Waals surface area contributed by atoms with Gasteiger partial charge < -0.3 is 10.1 Å². The molecule has 0 aliphatic rings. The summed E-state index contributed by atoms with van der Waals surface area (Å²) in [5.74, 6) is -0.423. The van der Waals surface area contributed by atoms with Crippen molar-refractivity contribution in [2.24, 2.45) is 0 Å². The van der Waals surface area contributed by atoms with E-state index in [9.17, 15) is 13.2 Å². The van der Waals surface area contributed by atoms with E-state index in [1.165, 1.54) is 13.2 Å². The predicted octanol–water partition coefficient (Wildman–Crippen LogP) is 1.39. The molecule has 0 aliphatic carbocycles. The van der Waals surface area contributed by atoms with Gasteiger partial charge in [0, 0.05) is 23.4 Å². The van der Waals surface area contributed by atoms with Gasteiger partial charge in [-0.05, 0) is 19.1 Å². The van der Waals surface area contributed by atoms with E-state index in [2.05, 4.69) is 10.1 Å². The average molecular weight is 306 g/mol. The number of carbonyl (C=O) groups excluding carboxylic acids is 1. The smallest absolute Gasteiger partial charge is 0.322 e. The third-order valence-electron chi connectivity index (χ3n) is 2.62. The van der Waals surface area contributed by atoms with Gasteiger partial charge in [-0.25, -0.2) is 8.42 Å². The number of benzene rings is 1. The number of esters is 1. The lowest BCUT2D eigenvalue weighted by Crippen LogP contribution is -2.34. The van der Waals surface area contributed by atoms with Gasteiger partial charge in [-0.3, -0.25) is 4.79 Å². The number of hydrogen-bond acceptors (Lipinski definition) is 5. The zero-order chi connectivity index (χ0) is 14.6. The Kier molecular flexibility index (Phi) is 5.34. The number of methoxy groups -OCH3 is 1. The molecule has 0 bridgehead atoms. The molecule has 7 heteroatoms. The van der Waals surface area contributed by atoms with Gasteiger partial charge in [0.1, 0.15) is 6.04 Å². The molecule has 5 nitrogen and oxygen atoms in total. The van der Waals surface area contributed by atoms with Crippen LogP contribution in [0.25, 0.3) is 0 Å². The number of nitrogens with one attached hydrogen (secondary N) is 1. The van der Waals surface area contributed by atoms with E-state index in [4.69, 9.17) is 11.6 Å². The van der Waals surface area contributed by atoms with Crippen LogP contribution in [-0.2, 0) is 25.9 Å². The van der Waals surface area contributed by atoms with Gasteiger partial charge in [-0.1, -0.05) is 17.7 Å². The molecule has 106 valence electrons. The van der Waals surface area contributed by atoms with Crippen LogP contribution in [0.2, 0.25) is 5.02 Å². The highest BCUT2D eigenvalue weighted by atomic mass is 35.5. The maximum Gasteiger partial charge on any atom is 0.322 e. The monoisotopic (exact) mass is 305 g/mol. The Hall–Kier alpha value is -1.11. The number of hydrogen-bond donors (Lipinski definition) is 1. The molecule has 0 amide bonds.